The van der Waals surface area contributed by atoms with E-state index in [2.05, 4.69) is 0 Å². The summed E-state index contributed by atoms with van der Waals surface area (Å²) in [7, 11) is -3.92. The van der Waals surface area contributed by atoms with E-state index in [-0.39, 0.29) is 9.92 Å². The molecule has 1 aromatic rings. The summed E-state index contributed by atoms with van der Waals surface area (Å²) in [6.45, 7) is -0.622. The van der Waals surface area contributed by atoms with E-state index < -0.39 is 28.6 Å². The Morgan fingerprint density at radius 1 is 1.41 bits per heavy atom. The Labute approximate surface area is 103 Å². The maximum absolute atomic E-state index is 11.7. The predicted molar refractivity (Wildman–Crippen MR) is 60.3 cm³/mol. The van der Waals surface area contributed by atoms with E-state index in [9.17, 15) is 13.2 Å². The van der Waals surface area contributed by atoms with E-state index in [1.807, 2.05) is 4.72 Å². The lowest BCUT2D eigenvalue weighted by molar-refractivity contribution is -0.146. The van der Waals surface area contributed by atoms with Crippen molar-refractivity contribution in [1.29, 1.82) is 0 Å². The minimum Gasteiger partial charge on any atom is -0.479 e. The number of aliphatic hydroxyl groups is 1. The van der Waals surface area contributed by atoms with Crippen LogP contribution in [0, 0.1) is 0 Å². The van der Waals surface area contributed by atoms with Gasteiger partial charge < -0.3 is 10.2 Å². The number of benzene rings is 1. The highest BCUT2D eigenvalue weighted by atomic mass is 35.5. The molecule has 6 nitrogen and oxygen atoms in total. The van der Waals surface area contributed by atoms with Crippen molar-refractivity contribution in [2.24, 2.45) is 0 Å². The van der Waals surface area contributed by atoms with Crippen LogP contribution < -0.4 is 4.72 Å². The number of halogens is 1. The maximum Gasteiger partial charge on any atom is 0.333 e. The Morgan fingerprint density at radius 2 is 2.00 bits per heavy atom. The van der Waals surface area contributed by atoms with Crippen molar-refractivity contribution in [3.8, 4) is 0 Å². The molecule has 0 radical (unpaired) electrons. The minimum atomic E-state index is -3.92. The van der Waals surface area contributed by atoms with Crippen LogP contribution in [-0.4, -0.2) is 37.2 Å². The number of carboxylic acids is 1. The number of hydrogen-bond acceptors (Lipinski definition) is 4. The Morgan fingerprint density at radius 3 is 2.53 bits per heavy atom. The van der Waals surface area contributed by atoms with Crippen LogP contribution in [0.1, 0.15) is 0 Å². The van der Waals surface area contributed by atoms with Gasteiger partial charge in [0.15, 0.2) is 6.10 Å². The fourth-order valence-electron chi connectivity index (χ4n) is 1.02. The summed E-state index contributed by atoms with van der Waals surface area (Å²) < 4.78 is 25.3. The third-order valence-electron chi connectivity index (χ3n) is 1.88. The molecular formula is C9H10ClNO5S. The average molecular weight is 280 g/mol. The molecular weight excluding hydrogens is 270 g/mol. The van der Waals surface area contributed by atoms with Gasteiger partial charge in [0.25, 0.3) is 0 Å². The van der Waals surface area contributed by atoms with Crippen molar-refractivity contribution < 1.29 is 23.4 Å². The number of carbonyl (C=O) groups is 1. The summed E-state index contributed by atoms with van der Waals surface area (Å²) in [6.07, 6.45) is -1.80. The number of rotatable bonds is 5. The lowest BCUT2D eigenvalue weighted by Crippen LogP contribution is -2.36. The zero-order chi connectivity index (χ0) is 13.1. The van der Waals surface area contributed by atoms with Crippen molar-refractivity contribution in [1.82, 2.24) is 4.72 Å². The number of aliphatic carboxylic acids is 1. The first-order chi connectivity index (χ1) is 7.84. The van der Waals surface area contributed by atoms with Crippen molar-refractivity contribution in [2.75, 3.05) is 6.54 Å². The van der Waals surface area contributed by atoms with E-state index in [1.165, 1.54) is 18.2 Å². The second-order valence-electron chi connectivity index (χ2n) is 3.14. The minimum absolute atomic E-state index is 0.0183. The molecule has 3 N–H and O–H groups in total. The van der Waals surface area contributed by atoms with Gasteiger partial charge in [-0.2, -0.15) is 0 Å². The van der Waals surface area contributed by atoms with Crippen LogP contribution in [0.3, 0.4) is 0 Å². The average Bonchev–Trinajstić information content (AvgIpc) is 2.26. The molecule has 94 valence electrons. The van der Waals surface area contributed by atoms with Gasteiger partial charge in [-0.25, -0.2) is 17.9 Å². The zero-order valence-electron chi connectivity index (χ0n) is 8.50. The maximum atomic E-state index is 11.7. The van der Waals surface area contributed by atoms with Crippen LogP contribution in [0.25, 0.3) is 0 Å². The Kier molecular flexibility index (Phi) is 4.47. The molecule has 1 aromatic carbocycles. The van der Waals surface area contributed by atoms with Gasteiger partial charge in [-0.15, -0.1) is 0 Å². The molecule has 8 heteroatoms. The smallest absolute Gasteiger partial charge is 0.333 e. The number of aliphatic hydroxyl groups excluding tert-OH is 1. The van der Waals surface area contributed by atoms with Crippen LogP contribution in [-0.2, 0) is 14.8 Å². The second-order valence-corrected chi connectivity index (χ2v) is 5.28. The van der Waals surface area contributed by atoms with E-state index in [1.54, 1.807) is 6.07 Å². The SMILES string of the molecule is O=C(O)[C@@H](O)CNS(=O)(=O)c1ccccc1Cl. The molecule has 0 heterocycles. The Hall–Kier alpha value is -1.15. The first-order valence-electron chi connectivity index (χ1n) is 4.49. The lowest BCUT2D eigenvalue weighted by Gasteiger charge is -2.09. The number of nitrogens with one attached hydrogen (secondary N) is 1. The van der Waals surface area contributed by atoms with Gasteiger partial charge in [-0.1, -0.05) is 23.7 Å². The largest absolute Gasteiger partial charge is 0.479 e. The fraction of sp³-hybridized carbons (Fsp3) is 0.222. The summed E-state index contributed by atoms with van der Waals surface area (Å²) in [4.78, 5) is 10.1. The predicted octanol–water partition coefficient (Wildman–Crippen LogP) is 0.0638. The summed E-state index contributed by atoms with van der Waals surface area (Å²) in [5.74, 6) is -1.51. The fourth-order valence-corrected chi connectivity index (χ4v) is 2.57. The highest BCUT2D eigenvalue weighted by molar-refractivity contribution is 7.89. The van der Waals surface area contributed by atoms with Gasteiger partial charge in [0.1, 0.15) is 4.90 Å². The van der Waals surface area contributed by atoms with Crippen molar-refractivity contribution in [3.05, 3.63) is 29.3 Å². The van der Waals surface area contributed by atoms with E-state index in [4.69, 9.17) is 21.8 Å². The standard InChI is InChI=1S/C9H10ClNO5S/c10-6-3-1-2-4-8(6)17(15,16)11-5-7(12)9(13)14/h1-4,7,11-12H,5H2,(H,13,14)/t7-/m0/s1. The number of sulfonamides is 1. The van der Waals surface area contributed by atoms with E-state index in [0.29, 0.717) is 0 Å². The van der Waals surface area contributed by atoms with Crippen molar-refractivity contribution in [3.63, 3.8) is 0 Å². The van der Waals surface area contributed by atoms with Crippen molar-refractivity contribution in [2.45, 2.75) is 11.0 Å². The second kappa shape index (κ2) is 5.46. The van der Waals surface area contributed by atoms with Gasteiger partial charge in [-0.05, 0) is 12.1 Å². The van der Waals surface area contributed by atoms with Gasteiger partial charge in [0.2, 0.25) is 10.0 Å². The molecule has 0 aliphatic heterocycles. The molecule has 0 saturated carbocycles. The van der Waals surface area contributed by atoms with Crippen molar-refractivity contribution >= 4 is 27.6 Å². The third kappa shape index (κ3) is 3.67. The third-order valence-corrected chi connectivity index (χ3v) is 3.80. The van der Waals surface area contributed by atoms with Crippen LogP contribution in [0.4, 0.5) is 0 Å². The molecule has 1 atom stereocenters. The quantitative estimate of drug-likeness (QED) is 0.707. The lowest BCUT2D eigenvalue weighted by atomic mass is 10.4. The Bertz CT molecular complexity index is 516. The molecule has 0 unspecified atom stereocenters. The van der Waals surface area contributed by atoms with Crippen LogP contribution >= 0.6 is 11.6 Å². The Balaban J connectivity index is 2.84. The van der Waals surface area contributed by atoms with Crippen LogP contribution in [0.2, 0.25) is 5.02 Å². The summed E-state index contributed by atoms with van der Waals surface area (Å²) in [5.41, 5.74) is 0. The summed E-state index contributed by atoms with van der Waals surface area (Å²) in [5, 5.41) is 17.4. The van der Waals surface area contributed by atoms with Gasteiger partial charge in [-0.3, -0.25) is 0 Å². The molecule has 0 amide bonds. The zero-order valence-corrected chi connectivity index (χ0v) is 10.1. The molecule has 0 aliphatic carbocycles. The van der Waals surface area contributed by atoms with Crippen LogP contribution in [0.15, 0.2) is 29.2 Å². The topological polar surface area (TPSA) is 104 Å². The first kappa shape index (κ1) is 13.9. The van der Waals surface area contributed by atoms with E-state index in [0.717, 1.165) is 0 Å². The van der Waals surface area contributed by atoms with Crippen LogP contribution in [0.5, 0.6) is 0 Å². The molecule has 0 aromatic heterocycles. The molecule has 0 saturated heterocycles. The van der Waals surface area contributed by atoms with Gasteiger partial charge >= 0.3 is 5.97 Å². The highest BCUT2D eigenvalue weighted by Crippen LogP contribution is 2.19. The molecule has 0 fully saturated rings. The van der Waals surface area contributed by atoms with Gasteiger partial charge in [0, 0.05) is 6.54 Å². The first-order valence-corrected chi connectivity index (χ1v) is 6.36. The molecule has 0 aliphatic rings. The highest BCUT2D eigenvalue weighted by Gasteiger charge is 2.21. The monoisotopic (exact) mass is 279 g/mol. The summed E-state index contributed by atoms with van der Waals surface area (Å²) >= 11 is 5.69. The number of hydrogen-bond donors (Lipinski definition) is 3. The number of carboxylic acid groups (broad SMARTS) is 1. The molecule has 0 bridgehead atoms. The van der Waals surface area contributed by atoms with E-state index >= 15 is 0 Å². The molecule has 0 spiro atoms. The molecule has 17 heavy (non-hydrogen) atoms. The normalized spacial score (nSPS) is 13.3. The summed E-state index contributed by atoms with van der Waals surface area (Å²) in [6, 6.07) is 5.71. The van der Waals surface area contributed by atoms with Gasteiger partial charge in [0.05, 0.1) is 5.02 Å². The molecule has 1 rings (SSSR count).